The molecule has 1 amide bonds. The molecule has 0 radical (unpaired) electrons. The monoisotopic (exact) mass is 291 g/mol. The molecule has 6 heteroatoms. The zero-order valence-corrected chi connectivity index (χ0v) is 12.8. The minimum atomic E-state index is -3.04. The summed E-state index contributed by atoms with van der Waals surface area (Å²) in [5, 5.41) is 2.79. The maximum Gasteiger partial charge on any atom is 0.407 e. The van der Waals surface area contributed by atoms with E-state index in [1.54, 1.807) is 0 Å². The molecule has 2 N–H and O–H groups in total. The lowest BCUT2D eigenvalue weighted by molar-refractivity contribution is 0.140. The number of unbranched alkanes of at least 4 members (excludes halogenated alkanes) is 1. The van der Waals surface area contributed by atoms with E-state index >= 15 is 0 Å². The second-order valence-corrected chi connectivity index (χ2v) is 7.97. The molecule has 1 rings (SSSR count). The molecule has 0 aliphatic heterocycles. The van der Waals surface area contributed by atoms with Crippen LogP contribution in [-0.2, 0) is 9.30 Å². The summed E-state index contributed by atoms with van der Waals surface area (Å²) in [6.07, 6.45) is 4.63. The Morgan fingerprint density at radius 3 is 2.74 bits per heavy atom. The molecule has 5 nitrogen and oxygen atoms in total. The fourth-order valence-electron chi connectivity index (χ4n) is 2.48. The molecule has 112 valence electrons. The highest BCUT2D eigenvalue weighted by atomic mass is 31.2. The van der Waals surface area contributed by atoms with Gasteiger partial charge in [-0.2, -0.15) is 0 Å². The van der Waals surface area contributed by atoms with Gasteiger partial charge in [0.15, 0.2) is 0 Å². The molecule has 1 aliphatic carbocycles. The van der Waals surface area contributed by atoms with Crippen LogP contribution in [0.3, 0.4) is 0 Å². The van der Waals surface area contributed by atoms with E-state index in [4.69, 9.17) is 4.74 Å². The Kier molecular flexibility index (Phi) is 6.87. The predicted octanol–water partition coefficient (Wildman–Crippen LogP) is 3.11. The number of rotatable bonds is 7. The van der Waals surface area contributed by atoms with Gasteiger partial charge in [-0.1, -0.05) is 20.3 Å². The van der Waals surface area contributed by atoms with Gasteiger partial charge in [-0.25, -0.2) is 4.79 Å². The maximum atomic E-state index is 12.1. The number of hydrogen-bond donors (Lipinski definition) is 2. The van der Waals surface area contributed by atoms with E-state index in [-0.39, 0.29) is 11.7 Å². The van der Waals surface area contributed by atoms with E-state index in [0.29, 0.717) is 25.6 Å². The average Bonchev–Trinajstić information content (AvgIpc) is 2.78. The molecule has 0 bridgehead atoms. The lowest BCUT2D eigenvalue weighted by Crippen LogP contribution is -2.34. The van der Waals surface area contributed by atoms with Crippen LogP contribution in [0.1, 0.15) is 52.4 Å². The number of carbonyl (C=O) groups is 1. The van der Waals surface area contributed by atoms with E-state index in [1.165, 1.54) is 0 Å². The second kappa shape index (κ2) is 7.91. The van der Waals surface area contributed by atoms with Gasteiger partial charge >= 0.3 is 6.09 Å². The Morgan fingerprint density at radius 1 is 1.37 bits per heavy atom. The van der Waals surface area contributed by atoms with Crippen LogP contribution in [0.4, 0.5) is 4.79 Å². The van der Waals surface area contributed by atoms with Crippen molar-refractivity contribution in [1.82, 2.24) is 5.32 Å². The smallest absolute Gasteiger partial charge is 0.407 e. The molecule has 0 heterocycles. The third-order valence-corrected chi connectivity index (χ3v) is 6.27. The normalized spacial score (nSPS) is 25.8. The number of amides is 1. The molecular weight excluding hydrogens is 265 g/mol. The van der Waals surface area contributed by atoms with Gasteiger partial charge in [0.1, 0.15) is 0 Å². The first-order chi connectivity index (χ1) is 8.99. The average molecular weight is 291 g/mol. The molecule has 0 aromatic heterocycles. The summed E-state index contributed by atoms with van der Waals surface area (Å²) in [5.41, 5.74) is -0.159. The van der Waals surface area contributed by atoms with Crippen LogP contribution in [0, 0.1) is 0 Å². The first-order valence-electron chi connectivity index (χ1n) is 7.24. The SMILES string of the molecule is CCCCOC(=O)NC1CCC(P(=O)(O)CCC)C1. The van der Waals surface area contributed by atoms with Crippen molar-refractivity contribution in [2.24, 2.45) is 0 Å². The first kappa shape index (κ1) is 16.5. The van der Waals surface area contributed by atoms with Gasteiger partial charge in [0.05, 0.1) is 6.61 Å². The van der Waals surface area contributed by atoms with E-state index in [1.807, 2.05) is 13.8 Å². The molecule has 0 aromatic rings. The highest BCUT2D eigenvalue weighted by Gasteiger charge is 2.37. The van der Waals surface area contributed by atoms with Gasteiger partial charge in [-0.15, -0.1) is 0 Å². The zero-order valence-electron chi connectivity index (χ0n) is 11.9. The largest absolute Gasteiger partial charge is 0.450 e. The lowest BCUT2D eigenvalue weighted by Gasteiger charge is -2.18. The highest BCUT2D eigenvalue weighted by molar-refractivity contribution is 7.58. The Bertz CT molecular complexity index is 335. The third-order valence-electron chi connectivity index (χ3n) is 3.57. The molecule has 1 saturated carbocycles. The van der Waals surface area contributed by atoms with Crippen molar-refractivity contribution in [3.63, 3.8) is 0 Å². The van der Waals surface area contributed by atoms with Crippen molar-refractivity contribution in [2.75, 3.05) is 12.8 Å². The van der Waals surface area contributed by atoms with Crippen LogP contribution >= 0.6 is 7.37 Å². The van der Waals surface area contributed by atoms with Crippen LogP contribution in [0.15, 0.2) is 0 Å². The van der Waals surface area contributed by atoms with Crippen LogP contribution in [0.25, 0.3) is 0 Å². The minimum absolute atomic E-state index is 0.0172. The van der Waals surface area contributed by atoms with Crippen molar-refractivity contribution in [2.45, 2.75) is 64.1 Å². The van der Waals surface area contributed by atoms with Crippen molar-refractivity contribution in [3.8, 4) is 0 Å². The Labute approximate surface area is 115 Å². The molecule has 1 aliphatic rings. The molecule has 3 unspecified atom stereocenters. The van der Waals surface area contributed by atoms with Crippen molar-refractivity contribution < 1.29 is 19.0 Å². The molecule has 0 spiro atoms. The van der Waals surface area contributed by atoms with Crippen molar-refractivity contribution in [3.05, 3.63) is 0 Å². The van der Waals surface area contributed by atoms with Gasteiger partial charge in [0.25, 0.3) is 0 Å². The van der Waals surface area contributed by atoms with Gasteiger partial charge < -0.3 is 14.9 Å². The summed E-state index contributed by atoms with van der Waals surface area (Å²) in [5.74, 6) is 0. The Hall–Kier alpha value is -0.540. The highest BCUT2D eigenvalue weighted by Crippen LogP contribution is 2.53. The molecule has 0 saturated heterocycles. The summed E-state index contributed by atoms with van der Waals surface area (Å²) in [6, 6.07) is -0.0172. The fourth-order valence-corrected chi connectivity index (χ4v) is 4.62. The molecule has 1 fully saturated rings. The standard InChI is InChI=1S/C13H26NO4P/c1-3-5-8-18-13(15)14-11-6-7-12(10-11)19(16,17)9-4-2/h11-12H,3-10H2,1-2H3,(H,14,15)(H,16,17). The third kappa shape index (κ3) is 5.53. The number of ether oxygens (including phenoxy) is 1. The first-order valence-corrected chi connectivity index (χ1v) is 9.15. The van der Waals surface area contributed by atoms with E-state index in [9.17, 15) is 14.3 Å². The van der Waals surface area contributed by atoms with Crippen LogP contribution in [-0.4, -0.2) is 35.5 Å². The zero-order chi connectivity index (χ0) is 14.3. The molecular formula is C13H26NO4P. The molecule has 0 aromatic carbocycles. The minimum Gasteiger partial charge on any atom is -0.450 e. The Balaban J connectivity index is 2.32. The van der Waals surface area contributed by atoms with Crippen LogP contribution in [0.5, 0.6) is 0 Å². The topological polar surface area (TPSA) is 75.6 Å². The fraction of sp³-hybridized carbons (Fsp3) is 0.923. The predicted molar refractivity (Wildman–Crippen MR) is 75.8 cm³/mol. The van der Waals surface area contributed by atoms with Crippen LogP contribution < -0.4 is 5.32 Å². The lowest BCUT2D eigenvalue weighted by atomic mass is 10.3. The van der Waals surface area contributed by atoms with Crippen molar-refractivity contribution >= 4 is 13.5 Å². The van der Waals surface area contributed by atoms with E-state index in [2.05, 4.69) is 5.32 Å². The second-order valence-electron chi connectivity index (χ2n) is 5.28. The van der Waals surface area contributed by atoms with E-state index in [0.717, 1.165) is 25.7 Å². The summed E-state index contributed by atoms with van der Waals surface area (Å²) < 4.78 is 17.1. The van der Waals surface area contributed by atoms with Gasteiger partial charge in [0.2, 0.25) is 7.37 Å². The number of nitrogens with one attached hydrogen (secondary N) is 1. The van der Waals surface area contributed by atoms with Gasteiger partial charge in [-0.3, -0.25) is 4.57 Å². The van der Waals surface area contributed by atoms with Crippen molar-refractivity contribution in [1.29, 1.82) is 0 Å². The van der Waals surface area contributed by atoms with Gasteiger partial charge in [0, 0.05) is 17.9 Å². The summed E-state index contributed by atoms with van der Waals surface area (Å²) in [6.45, 7) is 4.39. The Morgan fingerprint density at radius 2 is 2.11 bits per heavy atom. The van der Waals surface area contributed by atoms with Gasteiger partial charge in [-0.05, 0) is 32.1 Å². The summed E-state index contributed by atoms with van der Waals surface area (Å²) in [7, 11) is -3.04. The molecule has 3 atom stereocenters. The quantitative estimate of drug-likeness (QED) is 0.558. The summed E-state index contributed by atoms with van der Waals surface area (Å²) in [4.78, 5) is 21.4. The molecule has 19 heavy (non-hydrogen) atoms. The number of alkyl carbamates (subject to hydrolysis) is 1. The summed E-state index contributed by atoms with van der Waals surface area (Å²) >= 11 is 0. The number of carbonyl (C=O) groups excluding carboxylic acids is 1. The van der Waals surface area contributed by atoms with Crippen LogP contribution in [0.2, 0.25) is 0 Å². The van der Waals surface area contributed by atoms with E-state index < -0.39 is 13.5 Å². The maximum absolute atomic E-state index is 12.1. The number of hydrogen-bond acceptors (Lipinski definition) is 3.